The Morgan fingerprint density at radius 3 is 2.73 bits per heavy atom. The van der Waals surface area contributed by atoms with Crippen molar-refractivity contribution in [3.05, 3.63) is 35.0 Å². The van der Waals surface area contributed by atoms with E-state index in [1.54, 1.807) is 4.52 Å². The second-order valence-electron chi connectivity index (χ2n) is 6.02. The molecule has 3 aromatic heterocycles. The second kappa shape index (κ2) is 4.50. The third-order valence-electron chi connectivity index (χ3n) is 3.90. The quantitative estimate of drug-likeness (QED) is 0.726. The average Bonchev–Trinajstić information content (AvgIpc) is 3.13. The van der Waals surface area contributed by atoms with E-state index >= 15 is 0 Å². The van der Waals surface area contributed by atoms with E-state index in [4.69, 9.17) is 4.42 Å². The maximum absolute atomic E-state index is 11.8. The zero-order chi connectivity index (χ0) is 15.4. The first-order valence-electron chi connectivity index (χ1n) is 7.40. The highest BCUT2D eigenvalue weighted by Gasteiger charge is 2.28. The van der Waals surface area contributed by atoms with Crippen molar-refractivity contribution in [3.63, 3.8) is 0 Å². The Balaban J connectivity index is 2.04. The molecule has 0 unspecified atom stereocenters. The molecule has 0 aromatic carbocycles. The number of aryl methyl sites for hydroxylation is 1. The minimum Gasteiger partial charge on any atom is -0.458 e. The van der Waals surface area contributed by atoms with Gasteiger partial charge in [0.25, 0.3) is 0 Å². The van der Waals surface area contributed by atoms with Crippen molar-refractivity contribution in [2.45, 2.75) is 39.5 Å². The molecule has 3 heterocycles. The lowest BCUT2D eigenvalue weighted by Gasteiger charge is -2.04. The van der Waals surface area contributed by atoms with Gasteiger partial charge in [0.05, 0.1) is 5.69 Å². The lowest BCUT2D eigenvalue weighted by molar-refractivity contribution is -0.117. The van der Waals surface area contributed by atoms with Gasteiger partial charge in [0.15, 0.2) is 23.1 Å². The summed E-state index contributed by atoms with van der Waals surface area (Å²) in [5, 5.41) is 4.57. The Labute approximate surface area is 127 Å². The molecule has 1 aliphatic rings. The molecule has 112 valence electrons. The highest BCUT2D eigenvalue weighted by molar-refractivity contribution is 5.90. The van der Waals surface area contributed by atoms with Crippen LogP contribution in [0.25, 0.3) is 17.2 Å². The molecule has 0 atom stereocenters. The topological polar surface area (TPSA) is 73.3 Å². The van der Waals surface area contributed by atoms with Crippen molar-refractivity contribution in [3.8, 4) is 11.6 Å². The molecule has 22 heavy (non-hydrogen) atoms. The summed E-state index contributed by atoms with van der Waals surface area (Å²) in [4.78, 5) is 21.1. The van der Waals surface area contributed by atoms with Gasteiger partial charge in [-0.15, -0.1) is 5.10 Å². The Kier molecular flexibility index (Phi) is 2.69. The Morgan fingerprint density at radius 1 is 1.23 bits per heavy atom. The van der Waals surface area contributed by atoms with Gasteiger partial charge >= 0.3 is 0 Å². The number of ketones is 1. The SMILES string of the molecule is Cc1ccc(-c2nc3c(c4nc(C(C)C)nn24)CC(=O)C3)o1. The summed E-state index contributed by atoms with van der Waals surface area (Å²) in [6, 6.07) is 3.76. The average molecular weight is 296 g/mol. The van der Waals surface area contributed by atoms with E-state index < -0.39 is 0 Å². The number of Topliss-reactive ketones (excluding diaryl/α,β-unsaturated/α-hetero) is 1. The van der Waals surface area contributed by atoms with Crippen LogP contribution < -0.4 is 0 Å². The van der Waals surface area contributed by atoms with Gasteiger partial charge in [-0.2, -0.15) is 4.52 Å². The van der Waals surface area contributed by atoms with Gasteiger partial charge in [0.1, 0.15) is 11.5 Å². The van der Waals surface area contributed by atoms with Gasteiger partial charge in [0.2, 0.25) is 0 Å². The minimum absolute atomic E-state index is 0.172. The molecule has 0 fully saturated rings. The summed E-state index contributed by atoms with van der Waals surface area (Å²) < 4.78 is 7.41. The highest BCUT2D eigenvalue weighted by Crippen LogP contribution is 2.28. The molecule has 3 aromatic rings. The lowest BCUT2D eigenvalue weighted by atomic mass is 10.2. The molecular weight excluding hydrogens is 280 g/mol. The summed E-state index contributed by atoms with van der Waals surface area (Å²) in [7, 11) is 0. The molecule has 1 aliphatic carbocycles. The zero-order valence-electron chi connectivity index (χ0n) is 12.8. The van der Waals surface area contributed by atoms with E-state index in [0.717, 1.165) is 28.5 Å². The second-order valence-corrected chi connectivity index (χ2v) is 6.02. The summed E-state index contributed by atoms with van der Waals surface area (Å²) in [6.07, 6.45) is 0.752. The van der Waals surface area contributed by atoms with E-state index in [1.807, 2.05) is 32.9 Å². The summed E-state index contributed by atoms with van der Waals surface area (Å²) in [5.74, 6) is 3.19. The van der Waals surface area contributed by atoms with Crippen molar-refractivity contribution >= 4 is 11.4 Å². The molecule has 4 rings (SSSR count). The van der Waals surface area contributed by atoms with Gasteiger partial charge in [-0.1, -0.05) is 13.8 Å². The van der Waals surface area contributed by atoms with Gasteiger partial charge < -0.3 is 4.42 Å². The van der Waals surface area contributed by atoms with Crippen LogP contribution in [0.15, 0.2) is 16.5 Å². The summed E-state index contributed by atoms with van der Waals surface area (Å²) in [6.45, 7) is 5.98. The number of hydrogen-bond donors (Lipinski definition) is 0. The van der Waals surface area contributed by atoms with Crippen LogP contribution in [0.3, 0.4) is 0 Å². The minimum atomic E-state index is 0.172. The lowest BCUT2D eigenvalue weighted by Crippen LogP contribution is -2.03. The number of carbonyl (C=O) groups excluding carboxylic acids is 1. The van der Waals surface area contributed by atoms with Crippen LogP contribution in [0.2, 0.25) is 0 Å². The fraction of sp³-hybridized carbons (Fsp3) is 0.375. The number of carbonyl (C=O) groups is 1. The predicted octanol–water partition coefficient (Wildman–Crippen LogP) is 2.48. The first-order chi connectivity index (χ1) is 10.5. The third-order valence-corrected chi connectivity index (χ3v) is 3.90. The van der Waals surface area contributed by atoms with E-state index in [2.05, 4.69) is 15.1 Å². The van der Waals surface area contributed by atoms with Gasteiger partial charge in [0, 0.05) is 24.3 Å². The number of aromatic nitrogens is 4. The molecule has 0 spiro atoms. The number of hydrogen-bond acceptors (Lipinski definition) is 5. The number of furan rings is 1. The number of rotatable bonds is 2. The molecule has 6 heteroatoms. The van der Waals surface area contributed by atoms with Crippen LogP contribution >= 0.6 is 0 Å². The van der Waals surface area contributed by atoms with Crippen molar-refractivity contribution < 1.29 is 9.21 Å². The molecule has 0 bridgehead atoms. The van der Waals surface area contributed by atoms with Crippen molar-refractivity contribution in [1.82, 2.24) is 19.6 Å². The standard InChI is InChI=1S/C16H16N4O2/c1-8(2)14-18-15-11-6-10(21)7-12(11)17-16(20(15)19-14)13-5-4-9(3)22-13/h4-5,8H,6-7H2,1-3H3. The van der Waals surface area contributed by atoms with E-state index in [0.29, 0.717) is 24.4 Å². The summed E-state index contributed by atoms with van der Waals surface area (Å²) in [5.41, 5.74) is 2.42. The fourth-order valence-electron chi connectivity index (χ4n) is 2.78. The first-order valence-corrected chi connectivity index (χ1v) is 7.40. The first kappa shape index (κ1) is 13.2. The monoisotopic (exact) mass is 296 g/mol. The zero-order valence-corrected chi connectivity index (χ0v) is 12.8. The van der Waals surface area contributed by atoms with Crippen molar-refractivity contribution in [2.24, 2.45) is 0 Å². The van der Waals surface area contributed by atoms with Crippen molar-refractivity contribution in [2.75, 3.05) is 0 Å². The third kappa shape index (κ3) is 1.87. The molecule has 0 amide bonds. The van der Waals surface area contributed by atoms with Crippen LogP contribution in [0.4, 0.5) is 0 Å². The van der Waals surface area contributed by atoms with Crippen molar-refractivity contribution in [1.29, 1.82) is 0 Å². The number of fused-ring (bicyclic) bond motifs is 3. The van der Waals surface area contributed by atoms with Crippen LogP contribution in [-0.2, 0) is 17.6 Å². The van der Waals surface area contributed by atoms with E-state index in [1.165, 1.54) is 0 Å². The maximum atomic E-state index is 11.8. The fourth-order valence-corrected chi connectivity index (χ4v) is 2.78. The molecule has 0 saturated heterocycles. The normalized spacial score (nSPS) is 14.3. The van der Waals surface area contributed by atoms with E-state index in [-0.39, 0.29) is 11.7 Å². The Hall–Kier alpha value is -2.50. The Bertz CT molecular complexity index is 904. The molecule has 0 saturated carbocycles. The van der Waals surface area contributed by atoms with Crippen LogP contribution in [-0.4, -0.2) is 25.4 Å². The highest BCUT2D eigenvalue weighted by atomic mass is 16.3. The van der Waals surface area contributed by atoms with Gasteiger partial charge in [-0.3, -0.25) is 4.79 Å². The maximum Gasteiger partial charge on any atom is 0.199 e. The van der Waals surface area contributed by atoms with Gasteiger partial charge in [-0.05, 0) is 19.1 Å². The molecule has 6 nitrogen and oxygen atoms in total. The molecular formula is C16H16N4O2. The van der Waals surface area contributed by atoms with Gasteiger partial charge in [-0.25, -0.2) is 9.97 Å². The summed E-state index contributed by atoms with van der Waals surface area (Å²) >= 11 is 0. The number of nitrogens with zero attached hydrogens (tertiary/aromatic N) is 4. The molecule has 0 N–H and O–H groups in total. The Morgan fingerprint density at radius 2 is 2.05 bits per heavy atom. The van der Waals surface area contributed by atoms with E-state index in [9.17, 15) is 4.79 Å². The van der Waals surface area contributed by atoms with Crippen LogP contribution in [0.5, 0.6) is 0 Å². The van der Waals surface area contributed by atoms with Crippen LogP contribution in [0, 0.1) is 6.92 Å². The largest absolute Gasteiger partial charge is 0.458 e. The molecule has 0 radical (unpaired) electrons. The smallest absolute Gasteiger partial charge is 0.199 e. The molecule has 0 aliphatic heterocycles. The predicted molar refractivity (Wildman–Crippen MR) is 79.7 cm³/mol. The van der Waals surface area contributed by atoms with Crippen LogP contribution in [0.1, 0.15) is 42.6 Å².